The molecule has 2 rings (SSSR count). The Bertz CT molecular complexity index is 613. The zero-order valence-corrected chi connectivity index (χ0v) is 10.4. The number of aryl methyl sites for hydroxylation is 1. The summed E-state index contributed by atoms with van der Waals surface area (Å²) in [5, 5.41) is 8.93. The number of nitrogens with zero attached hydrogens (tertiary/aromatic N) is 3. The molecule has 0 amide bonds. The van der Waals surface area contributed by atoms with Crippen LogP contribution in [0, 0.1) is 18.3 Å². The van der Waals surface area contributed by atoms with E-state index in [1.807, 2.05) is 43.1 Å². The Balaban J connectivity index is 2.40. The lowest BCUT2D eigenvalue weighted by Gasteiger charge is -2.19. The molecule has 0 spiro atoms. The Morgan fingerprint density at radius 2 is 2.06 bits per heavy atom. The minimum Gasteiger partial charge on any atom is -0.396 e. The van der Waals surface area contributed by atoms with Gasteiger partial charge >= 0.3 is 0 Å². The molecular weight excluding hydrogens is 224 g/mol. The number of nitrogens with two attached hydrogens (primary N) is 1. The van der Waals surface area contributed by atoms with Crippen molar-refractivity contribution in [3.8, 4) is 6.07 Å². The molecule has 1 heterocycles. The Morgan fingerprint density at radius 1 is 1.28 bits per heavy atom. The van der Waals surface area contributed by atoms with Gasteiger partial charge in [-0.3, -0.25) is 0 Å². The maximum absolute atomic E-state index is 8.93. The molecule has 0 unspecified atom stereocenters. The first kappa shape index (κ1) is 11.9. The second kappa shape index (κ2) is 4.76. The summed E-state index contributed by atoms with van der Waals surface area (Å²) in [6, 6.07) is 13.6. The van der Waals surface area contributed by atoms with Crippen molar-refractivity contribution >= 4 is 17.2 Å². The molecular formula is C14H14N4. The van der Waals surface area contributed by atoms with Gasteiger partial charge in [-0.05, 0) is 36.8 Å². The first-order valence-corrected chi connectivity index (χ1v) is 5.59. The molecule has 0 atom stereocenters. The minimum atomic E-state index is 0.256. The third-order valence-corrected chi connectivity index (χ3v) is 2.75. The Kier molecular flexibility index (Phi) is 3.16. The van der Waals surface area contributed by atoms with Crippen LogP contribution < -0.4 is 10.6 Å². The molecule has 0 saturated carbocycles. The van der Waals surface area contributed by atoms with E-state index in [4.69, 9.17) is 11.0 Å². The number of aromatic nitrogens is 1. The number of hydrogen-bond acceptors (Lipinski definition) is 4. The van der Waals surface area contributed by atoms with Crippen molar-refractivity contribution in [2.75, 3.05) is 17.7 Å². The Labute approximate surface area is 106 Å². The van der Waals surface area contributed by atoms with Crippen LogP contribution in [0.2, 0.25) is 0 Å². The fraction of sp³-hybridized carbons (Fsp3) is 0.143. The summed E-state index contributed by atoms with van der Waals surface area (Å²) in [5.74, 6) is 0.700. The molecule has 0 aliphatic heterocycles. The summed E-state index contributed by atoms with van der Waals surface area (Å²) >= 11 is 0. The third kappa shape index (κ3) is 2.25. The third-order valence-electron chi connectivity index (χ3n) is 2.75. The lowest BCUT2D eigenvalue weighted by molar-refractivity contribution is 1.11. The zero-order chi connectivity index (χ0) is 13.1. The van der Waals surface area contributed by atoms with E-state index < -0.39 is 0 Å². The molecule has 1 aromatic heterocycles. The van der Waals surface area contributed by atoms with Crippen LogP contribution in [0.25, 0.3) is 0 Å². The van der Waals surface area contributed by atoms with Crippen molar-refractivity contribution in [2.45, 2.75) is 6.92 Å². The molecule has 0 radical (unpaired) electrons. The van der Waals surface area contributed by atoms with Crippen LogP contribution in [0.3, 0.4) is 0 Å². The van der Waals surface area contributed by atoms with E-state index >= 15 is 0 Å². The number of benzene rings is 1. The van der Waals surface area contributed by atoms with E-state index in [-0.39, 0.29) is 5.69 Å². The maximum atomic E-state index is 8.93. The number of anilines is 3. The van der Waals surface area contributed by atoms with Gasteiger partial charge in [-0.15, -0.1) is 0 Å². The fourth-order valence-corrected chi connectivity index (χ4v) is 1.70. The van der Waals surface area contributed by atoms with Gasteiger partial charge in [0.25, 0.3) is 0 Å². The van der Waals surface area contributed by atoms with Crippen LogP contribution in [0.15, 0.2) is 36.4 Å². The highest BCUT2D eigenvalue weighted by Gasteiger charge is 2.08. The van der Waals surface area contributed by atoms with Gasteiger partial charge in [-0.2, -0.15) is 5.26 Å². The van der Waals surface area contributed by atoms with Crippen LogP contribution in [-0.4, -0.2) is 12.0 Å². The normalized spacial score (nSPS) is 9.83. The molecule has 1 aromatic carbocycles. The standard InChI is InChI=1S/C14H14N4/c1-10-4-3-5-11(8-10)18(2)14-7-6-12(16)13(9-15)17-14/h3-8H,16H2,1-2H3. The summed E-state index contributed by atoms with van der Waals surface area (Å²) in [6.45, 7) is 2.04. The van der Waals surface area contributed by atoms with E-state index in [0.717, 1.165) is 5.69 Å². The first-order chi connectivity index (χ1) is 8.61. The molecule has 4 nitrogen and oxygen atoms in total. The SMILES string of the molecule is Cc1cccc(N(C)c2ccc(N)c(C#N)n2)c1. The number of hydrogen-bond donors (Lipinski definition) is 1. The minimum absolute atomic E-state index is 0.256. The number of nitrogen functional groups attached to an aromatic ring is 1. The number of nitriles is 1. The van der Waals surface area contributed by atoms with Crippen LogP contribution >= 0.6 is 0 Å². The molecule has 90 valence electrons. The van der Waals surface area contributed by atoms with Crippen LogP contribution in [-0.2, 0) is 0 Å². The summed E-state index contributed by atoms with van der Waals surface area (Å²) in [5.41, 5.74) is 8.52. The maximum Gasteiger partial charge on any atom is 0.165 e. The van der Waals surface area contributed by atoms with Crippen LogP contribution in [0.5, 0.6) is 0 Å². The van der Waals surface area contributed by atoms with Crippen molar-refractivity contribution in [1.82, 2.24) is 4.98 Å². The molecule has 0 aliphatic rings. The second-order valence-corrected chi connectivity index (χ2v) is 4.12. The molecule has 2 aromatic rings. The van der Waals surface area contributed by atoms with Crippen molar-refractivity contribution < 1.29 is 0 Å². The van der Waals surface area contributed by atoms with Gasteiger partial charge in [-0.1, -0.05) is 12.1 Å². The van der Waals surface area contributed by atoms with Gasteiger partial charge in [0.2, 0.25) is 0 Å². The van der Waals surface area contributed by atoms with Gasteiger partial charge in [0.1, 0.15) is 11.9 Å². The highest BCUT2D eigenvalue weighted by molar-refractivity contribution is 5.63. The largest absolute Gasteiger partial charge is 0.396 e. The van der Waals surface area contributed by atoms with Crippen molar-refractivity contribution in [3.63, 3.8) is 0 Å². The molecule has 0 aliphatic carbocycles. The van der Waals surface area contributed by atoms with E-state index in [1.165, 1.54) is 5.56 Å². The average molecular weight is 238 g/mol. The monoisotopic (exact) mass is 238 g/mol. The van der Waals surface area contributed by atoms with Gasteiger partial charge in [-0.25, -0.2) is 4.98 Å². The molecule has 4 heteroatoms. The summed E-state index contributed by atoms with van der Waals surface area (Å²) in [4.78, 5) is 6.16. The molecule has 0 fully saturated rings. The van der Waals surface area contributed by atoms with Crippen LogP contribution in [0.4, 0.5) is 17.2 Å². The average Bonchev–Trinajstić information content (AvgIpc) is 2.38. The summed E-state index contributed by atoms with van der Waals surface area (Å²) < 4.78 is 0. The van der Waals surface area contributed by atoms with E-state index in [0.29, 0.717) is 11.5 Å². The van der Waals surface area contributed by atoms with Gasteiger partial charge in [0.05, 0.1) is 5.69 Å². The fourth-order valence-electron chi connectivity index (χ4n) is 1.70. The highest BCUT2D eigenvalue weighted by atomic mass is 15.2. The zero-order valence-electron chi connectivity index (χ0n) is 10.4. The summed E-state index contributed by atoms with van der Waals surface area (Å²) in [6.07, 6.45) is 0. The summed E-state index contributed by atoms with van der Waals surface area (Å²) in [7, 11) is 1.91. The van der Waals surface area contributed by atoms with E-state index in [2.05, 4.69) is 11.1 Å². The van der Waals surface area contributed by atoms with Crippen molar-refractivity contribution in [1.29, 1.82) is 5.26 Å². The number of pyridine rings is 1. The molecule has 18 heavy (non-hydrogen) atoms. The quantitative estimate of drug-likeness (QED) is 0.873. The smallest absolute Gasteiger partial charge is 0.165 e. The second-order valence-electron chi connectivity index (χ2n) is 4.12. The predicted octanol–water partition coefficient (Wildman–Crippen LogP) is 2.61. The van der Waals surface area contributed by atoms with Gasteiger partial charge < -0.3 is 10.6 Å². The topological polar surface area (TPSA) is 65.9 Å². The lowest BCUT2D eigenvalue weighted by atomic mass is 10.2. The van der Waals surface area contributed by atoms with E-state index in [9.17, 15) is 0 Å². The van der Waals surface area contributed by atoms with Crippen molar-refractivity contribution in [2.24, 2.45) is 0 Å². The van der Waals surface area contributed by atoms with E-state index in [1.54, 1.807) is 12.1 Å². The highest BCUT2D eigenvalue weighted by Crippen LogP contribution is 2.24. The van der Waals surface area contributed by atoms with Crippen molar-refractivity contribution in [3.05, 3.63) is 47.7 Å². The predicted molar refractivity (Wildman–Crippen MR) is 72.6 cm³/mol. The Morgan fingerprint density at radius 3 is 2.72 bits per heavy atom. The molecule has 2 N–H and O–H groups in total. The first-order valence-electron chi connectivity index (χ1n) is 5.59. The van der Waals surface area contributed by atoms with Crippen LogP contribution in [0.1, 0.15) is 11.3 Å². The lowest BCUT2D eigenvalue weighted by Crippen LogP contribution is -2.12. The van der Waals surface area contributed by atoms with Gasteiger partial charge in [0.15, 0.2) is 5.69 Å². The Hall–Kier alpha value is -2.54. The van der Waals surface area contributed by atoms with Gasteiger partial charge in [0, 0.05) is 12.7 Å². The molecule has 0 saturated heterocycles. The molecule has 0 bridgehead atoms. The number of rotatable bonds is 2.